The van der Waals surface area contributed by atoms with Crippen LogP contribution in [0.15, 0.2) is 48.5 Å². The van der Waals surface area contributed by atoms with Crippen LogP contribution in [0.4, 0.5) is 4.79 Å². The van der Waals surface area contributed by atoms with E-state index >= 15 is 0 Å². The summed E-state index contributed by atoms with van der Waals surface area (Å²) in [6.45, 7) is 0.851. The van der Waals surface area contributed by atoms with Crippen LogP contribution in [0.3, 0.4) is 0 Å². The number of nitrogens with one attached hydrogen (secondary N) is 3. The van der Waals surface area contributed by atoms with Gasteiger partial charge in [-0.3, -0.25) is 0 Å². The lowest BCUT2D eigenvalue weighted by molar-refractivity contribution is 0.0918. The Morgan fingerprint density at radius 1 is 1.04 bits per heavy atom. The number of amides is 2. The van der Waals surface area contributed by atoms with Crippen molar-refractivity contribution in [3.8, 4) is 11.5 Å². The molecule has 3 N–H and O–H groups in total. The molecule has 2 aromatic rings. The van der Waals surface area contributed by atoms with Crippen molar-refractivity contribution in [2.45, 2.75) is 18.4 Å². The maximum absolute atomic E-state index is 12.1. The molecular weight excluding hydrogens is 382 g/mol. The molecule has 28 heavy (non-hydrogen) atoms. The standard InChI is InChI=1S/C19H23N3O5S/c1-20-28(24,25)13-15-7-3-2-6-14(15)10-21-19(23)22-11-16-12-26-17-8-4-5-9-18(17)27-16/h2-9,16,20H,10-13H2,1H3,(H2,21,22,23)/t16-/m0/s1. The third-order valence-corrected chi connectivity index (χ3v) is 5.59. The first-order valence-electron chi connectivity index (χ1n) is 8.85. The van der Waals surface area contributed by atoms with Gasteiger partial charge in [-0.25, -0.2) is 17.9 Å². The highest BCUT2D eigenvalue weighted by Gasteiger charge is 2.21. The number of ether oxygens (including phenoxy) is 2. The van der Waals surface area contributed by atoms with Crippen molar-refractivity contribution < 1.29 is 22.7 Å². The summed E-state index contributed by atoms with van der Waals surface area (Å²) in [5.41, 5.74) is 1.38. The first-order valence-corrected chi connectivity index (χ1v) is 10.5. The van der Waals surface area contributed by atoms with Gasteiger partial charge in [0.1, 0.15) is 6.61 Å². The van der Waals surface area contributed by atoms with E-state index in [-0.39, 0.29) is 31.0 Å². The predicted molar refractivity (Wildman–Crippen MR) is 105 cm³/mol. The zero-order chi connectivity index (χ0) is 20.0. The number of fused-ring (bicyclic) bond motifs is 1. The largest absolute Gasteiger partial charge is 0.486 e. The first-order chi connectivity index (χ1) is 13.5. The van der Waals surface area contributed by atoms with Crippen LogP contribution in [0.5, 0.6) is 11.5 Å². The highest BCUT2D eigenvalue weighted by Crippen LogP contribution is 2.30. The van der Waals surface area contributed by atoms with Gasteiger partial charge in [0.25, 0.3) is 0 Å². The van der Waals surface area contributed by atoms with Gasteiger partial charge >= 0.3 is 6.03 Å². The summed E-state index contributed by atoms with van der Waals surface area (Å²) in [5.74, 6) is 1.20. The van der Waals surface area contributed by atoms with Gasteiger partial charge in [0, 0.05) is 6.54 Å². The number of hydrogen-bond acceptors (Lipinski definition) is 5. The molecule has 8 nitrogen and oxygen atoms in total. The van der Waals surface area contributed by atoms with Crippen molar-refractivity contribution in [1.29, 1.82) is 0 Å². The van der Waals surface area contributed by atoms with Crippen LogP contribution in [0.1, 0.15) is 11.1 Å². The van der Waals surface area contributed by atoms with Gasteiger partial charge < -0.3 is 20.1 Å². The lowest BCUT2D eigenvalue weighted by Crippen LogP contribution is -2.44. The maximum Gasteiger partial charge on any atom is 0.315 e. The molecule has 1 aliphatic rings. The fourth-order valence-electron chi connectivity index (χ4n) is 2.76. The molecule has 1 aliphatic heterocycles. The minimum atomic E-state index is -3.39. The SMILES string of the molecule is CNS(=O)(=O)Cc1ccccc1CNC(=O)NC[C@H]1COc2ccccc2O1. The second-order valence-electron chi connectivity index (χ2n) is 6.29. The summed E-state index contributed by atoms with van der Waals surface area (Å²) >= 11 is 0. The van der Waals surface area contributed by atoms with E-state index in [0.717, 1.165) is 5.56 Å². The van der Waals surface area contributed by atoms with Crippen molar-refractivity contribution in [2.75, 3.05) is 20.2 Å². The summed E-state index contributed by atoms with van der Waals surface area (Å²) in [6.07, 6.45) is -0.284. The van der Waals surface area contributed by atoms with Crippen LogP contribution >= 0.6 is 0 Å². The zero-order valence-electron chi connectivity index (χ0n) is 15.5. The van der Waals surface area contributed by atoms with Gasteiger partial charge in [0.2, 0.25) is 10.0 Å². The molecular formula is C19H23N3O5S. The molecule has 3 rings (SSSR count). The fraction of sp³-hybridized carbons (Fsp3) is 0.316. The smallest absolute Gasteiger partial charge is 0.315 e. The Morgan fingerprint density at radius 3 is 2.46 bits per heavy atom. The Bertz CT molecular complexity index is 933. The van der Waals surface area contributed by atoms with E-state index in [4.69, 9.17) is 9.47 Å². The topological polar surface area (TPSA) is 106 Å². The van der Waals surface area contributed by atoms with Gasteiger partial charge in [-0.05, 0) is 30.3 Å². The van der Waals surface area contributed by atoms with E-state index in [0.29, 0.717) is 23.7 Å². The van der Waals surface area contributed by atoms with E-state index in [1.807, 2.05) is 24.3 Å². The molecule has 0 radical (unpaired) electrons. The Kier molecular flexibility index (Phi) is 6.37. The molecule has 2 amide bonds. The molecule has 9 heteroatoms. The van der Waals surface area contributed by atoms with E-state index in [1.54, 1.807) is 24.3 Å². The molecule has 2 aromatic carbocycles. The third-order valence-electron chi connectivity index (χ3n) is 4.27. The Labute approximate surface area is 164 Å². The van der Waals surface area contributed by atoms with E-state index in [1.165, 1.54) is 7.05 Å². The Hall–Kier alpha value is -2.78. The number of hydrogen-bond donors (Lipinski definition) is 3. The van der Waals surface area contributed by atoms with Crippen LogP contribution in [0, 0.1) is 0 Å². The van der Waals surface area contributed by atoms with E-state index in [9.17, 15) is 13.2 Å². The van der Waals surface area contributed by atoms with Gasteiger partial charge in [-0.1, -0.05) is 36.4 Å². The summed E-state index contributed by atoms with van der Waals surface area (Å²) in [4.78, 5) is 12.1. The predicted octanol–water partition coefficient (Wildman–Crippen LogP) is 1.38. The van der Waals surface area contributed by atoms with E-state index in [2.05, 4.69) is 15.4 Å². The second-order valence-corrected chi connectivity index (χ2v) is 8.22. The average Bonchev–Trinajstić information content (AvgIpc) is 2.71. The number of sulfonamides is 1. The van der Waals surface area contributed by atoms with Gasteiger partial charge in [-0.2, -0.15) is 0 Å². The molecule has 0 bridgehead atoms. The van der Waals surface area contributed by atoms with E-state index < -0.39 is 10.0 Å². The third kappa shape index (κ3) is 5.37. The number of carbonyl (C=O) groups excluding carboxylic acids is 1. The molecule has 1 atom stereocenters. The van der Waals surface area contributed by atoms with Gasteiger partial charge in [-0.15, -0.1) is 0 Å². The monoisotopic (exact) mass is 405 g/mol. The minimum absolute atomic E-state index is 0.143. The fourth-order valence-corrected chi connectivity index (χ4v) is 3.59. The number of benzene rings is 2. The normalized spacial score (nSPS) is 15.7. The molecule has 0 aromatic heterocycles. The Balaban J connectivity index is 1.49. The van der Waals surface area contributed by atoms with Crippen LogP contribution < -0.4 is 24.8 Å². The Morgan fingerprint density at radius 2 is 1.71 bits per heavy atom. The summed E-state index contributed by atoms with van der Waals surface area (Å²) in [5, 5.41) is 5.49. The summed E-state index contributed by atoms with van der Waals surface area (Å²) < 4.78 is 37.3. The van der Waals surface area contributed by atoms with Crippen molar-refractivity contribution >= 4 is 16.1 Å². The molecule has 0 fully saturated rings. The van der Waals surface area contributed by atoms with Crippen LogP contribution in [-0.2, 0) is 22.3 Å². The van der Waals surface area contributed by atoms with Crippen molar-refractivity contribution in [1.82, 2.24) is 15.4 Å². The molecule has 150 valence electrons. The molecule has 0 unspecified atom stereocenters. The number of para-hydroxylation sites is 2. The van der Waals surface area contributed by atoms with Gasteiger partial charge in [0.15, 0.2) is 17.6 Å². The van der Waals surface area contributed by atoms with Crippen LogP contribution in [-0.4, -0.2) is 40.8 Å². The number of carbonyl (C=O) groups is 1. The highest BCUT2D eigenvalue weighted by molar-refractivity contribution is 7.88. The molecule has 0 saturated carbocycles. The first kappa shape index (κ1) is 20.0. The lowest BCUT2D eigenvalue weighted by Gasteiger charge is -2.26. The lowest BCUT2D eigenvalue weighted by atomic mass is 10.1. The minimum Gasteiger partial charge on any atom is -0.486 e. The van der Waals surface area contributed by atoms with Gasteiger partial charge in [0.05, 0.1) is 12.3 Å². The summed E-state index contributed by atoms with van der Waals surface area (Å²) in [6, 6.07) is 14.1. The van der Waals surface area contributed by atoms with Crippen LogP contribution in [0.25, 0.3) is 0 Å². The molecule has 0 saturated heterocycles. The quantitative estimate of drug-likeness (QED) is 0.645. The van der Waals surface area contributed by atoms with Crippen molar-refractivity contribution in [2.24, 2.45) is 0 Å². The van der Waals surface area contributed by atoms with Crippen LogP contribution in [0.2, 0.25) is 0 Å². The number of rotatable bonds is 7. The average molecular weight is 405 g/mol. The van der Waals surface area contributed by atoms with Crippen molar-refractivity contribution in [3.63, 3.8) is 0 Å². The maximum atomic E-state index is 12.1. The highest BCUT2D eigenvalue weighted by atomic mass is 32.2. The zero-order valence-corrected chi connectivity index (χ0v) is 16.3. The second kappa shape index (κ2) is 8.94. The molecule has 0 aliphatic carbocycles. The summed E-state index contributed by atoms with van der Waals surface area (Å²) in [7, 11) is -2.02. The van der Waals surface area contributed by atoms with Crippen molar-refractivity contribution in [3.05, 3.63) is 59.7 Å². The number of urea groups is 1. The molecule has 1 heterocycles. The molecule has 0 spiro atoms.